The van der Waals surface area contributed by atoms with Crippen molar-refractivity contribution in [2.24, 2.45) is 0 Å². The van der Waals surface area contributed by atoms with Gasteiger partial charge in [0, 0.05) is 0 Å². The highest BCUT2D eigenvalue weighted by molar-refractivity contribution is 7.26. The zero-order chi connectivity index (χ0) is 11.4. The first-order valence-corrected chi connectivity index (χ1v) is 9.42. The maximum absolute atomic E-state index is 2.41. The third-order valence-corrected chi connectivity index (χ3v) is 7.70. The molecular weight excluding hydrogens is 228 g/mol. The summed E-state index contributed by atoms with van der Waals surface area (Å²) in [5.74, 6) is 0. The van der Waals surface area contributed by atoms with Crippen LogP contribution in [0.3, 0.4) is 0 Å². The first-order valence-electron chi connectivity index (χ1n) is 5.47. The molecule has 2 rings (SSSR count). The number of hydrogen-bond acceptors (Lipinski definition) is 1. The average molecular weight is 244 g/mol. The Morgan fingerprint density at radius 2 is 1.75 bits per heavy atom. The monoisotopic (exact) mass is 244 g/mol. The topological polar surface area (TPSA) is 0 Å². The molecule has 0 saturated carbocycles. The van der Waals surface area contributed by atoms with Crippen molar-refractivity contribution in [1.82, 2.24) is 0 Å². The number of rotatable bonds is 3. The third-order valence-electron chi connectivity index (χ3n) is 2.65. The summed E-state index contributed by atoms with van der Waals surface area (Å²) in [5, 5.41) is 2.17. The van der Waals surface area contributed by atoms with Crippen LogP contribution in [0, 0.1) is 0 Å². The molecule has 0 spiro atoms. The number of thiophene rings is 1. The first-order chi connectivity index (χ1) is 7.68. The summed E-state index contributed by atoms with van der Waals surface area (Å²) in [6.07, 6.45) is 2.26. The maximum Gasteiger partial charge on any atom is 0.117 e. The van der Waals surface area contributed by atoms with Crippen LogP contribution >= 0.6 is 11.3 Å². The molecule has 1 aromatic heterocycles. The maximum atomic E-state index is 2.41. The average Bonchev–Trinajstić information content (AvgIpc) is 2.82. The van der Waals surface area contributed by atoms with Crippen molar-refractivity contribution in [2.45, 2.75) is 13.1 Å². The van der Waals surface area contributed by atoms with Crippen molar-refractivity contribution in [3.8, 4) is 0 Å². The molecule has 2 heteroatoms. The molecule has 0 radical (unpaired) electrons. The molecule has 0 nitrogen and oxygen atoms in total. The normalized spacial score (nSPS) is 12.1. The standard InChI is InChI=1S/C14H16SSi/c1-16(2,14-9-6-11-15-14)12-10-13-7-4-3-5-8-13/h3-12H,1-2H3/b12-10-. The van der Waals surface area contributed by atoms with Crippen molar-refractivity contribution >= 4 is 30.0 Å². The highest BCUT2D eigenvalue weighted by Gasteiger charge is 2.20. The minimum Gasteiger partial charge on any atom is -0.153 e. The second-order valence-corrected chi connectivity index (χ2v) is 10.1. The van der Waals surface area contributed by atoms with Gasteiger partial charge in [0.25, 0.3) is 0 Å². The summed E-state index contributed by atoms with van der Waals surface area (Å²) in [7, 11) is -1.37. The summed E-state index contributed by atoms with van der Waals surface area (Å²) >= 11 is 1.88. The van der Waals surface area contributed by atoms with Crippen molar-refractivity contribution in [1.29, 1.82) is 0 Å². The molecule has 0 saturated heterocycles. The van der Waals surface area contributed by atoms with Crippen LogP contribution in [0.15, 0.2) is 53.5 Å². The van der Waals surface area contributed by atoms with Crippen LogP contribution in [-0.2, 0) is 0 Å². The molecule has 0 aliphatic rings. The Labute approximate surface area is 102 Å². The number of hydrogen-bond donors (Lipinski definition) is 0. The van der Waals surface area contributed by atoms with Gasteiger partial charge in [-0.3, -0.25) is 0 Å². The van der Waals surface area contributed by atoms with Crippen molar-refractivity contribution in [3.05, 3.63) is 59.1 Å². The van der Waals surface area contributed by atoms with Gasteiger partial charge >= 0.3 is 0 Å². The molecule has 16 heavy (non-hydrogen) atoms. The quantitative estimate of drug-likeness (QED) is 0.718. The molecule has 0 bridgehead atoms. The first kappa shape index (κ1) is 11.4. The Morgan fingerprint density at radius 1 is 1.00 bits per heavy atom. The summed E-state index contributed by atoms with van der Waals surface area (Å²) in [6, 6.07) is 14.9. The van der Waals surface area contributed by atoms with Gasteiger partial charge in [-0.15, -0.1) is 0 Å². The largest absolute Gasteiger partial charge is 0.153 e. The summed E-state index contributed by atoms with van der Waals surface area (Å²) in [4.78, 5) is 0. The molecule has 0 unspecified atom stereocenters. The minimum absolute atomic E-state index is 1.29. The highest BCUT2D eigenvalue weighted by atomic mass is 32.1. The Morgan fingerprint density at radius 3 is 2.38 bits per heavy atom. The molecule has 0 amide bonds. The highest BCUT2D eigenvalue weighted by Crippen LogP contribution is 2.12. The lowest BCUT2D eigenvalue weighted by atomic mass is 10.2. The van der Waals surface area contributed by atoms with Crippen LogP contribution in [0.25, 0.3) is 6.08 Å². The van der Waals surface area contributed by atoms with Crippen LogP contribution < -0.4 is 4.50 Å². The van der Waals surface area contributed by atoms with Gasteiger partial charge < -0.3 is 0 Å². The van der Waals surface area contributed by atoms with Gasteiger partial charge in [0.05, 0.1) is 0 Å². The van der Waals surface area contributed by atoms with E-state index >= 15 is 0 Å². The summed E-state index contributed by atoms with van der Waals surface area (Å²) < 4.78 is 1.54. The van der Waals surface area contributed by atoms with Gasteiger partial charge in [-0.2, -0.15) is 11.3 Å². The Bertz CT molecular complexity index is 455. The second-order valence-electron chi connectivity index (χ2n) is 4.44. The second kappa shape index (κ2) is 4.81. The fourth-order valence-electron chi connectivity index (χ4n) is 1.60. The Hall–Kier alpha value is -1.12. The molecule has 0 N–H and O–H groups in total. The fourth-order valence-corrected chi connectivity index (χ4v) is 4.98. The molecule has 1 aromatic carbocycles. The Kier molecular flexibility index (Phi) is 3.41. The zero-order valence-electron chi connectivity index (χ0n) is 9.68. The van der Waals surface area contributed by atoms with Crippen LogP contribution in [-0.4, -0.2) is 8.07 Å². The van der Waals surface area contributed by atoms with E-state index < -0.39 is 8.07 Å². The number of benzene rings is 1. The third kappa shape index (κ3) is 2.71. The molecule has 0 aliphatic carbocycles. The van der Waals surface area contributed by atoms with E-state index in [1.807, 2.05) is 11.3 Å². The van der Waals surface area contributed by atoms with Gasteiger partial charge in [-0.25, -0.2) is 0 Å². The van der Waals surface area contributed by atoms with Gasteiger partial charge in [0.1, 0.15) is 8.07 Å². The molecule has 2 aromatic rings. The van der Waals surface area contributed by atoms with Crippen molar-refractivity contribution in [2.75, 3.05) is 0 Å². The molecule has 82 valence electrons. The molecule has 0 fully saturated rings. The molecular formula is C14H16SSi. The van der Waals surface area contributed by atoms with E-state index in [1.54, 1.807) is 4.50 Å². The Balaban J connectivity index is 2.18. The molecule has 0 aliphatic heterocycles. The van der Waals surface area contributed by atoms with Crippen LogP contribution in [0.1, 0.15) is 5.56 Å². The van der Waals surface area contributed by atoms with E-state index in [-0.39, 0.29) is 0 Å². The summed E-state index contributed by atoms with van der Waals surface area (Å²) in [6.45, 7) is 4.77. The van der Waals surface area contributed by atoms with E-state index in [1.165, 1.54) is 5.56 Å². The van der Waals surface area contributed by atoms with Gasteiger partial charge in [0.2, 0.25) is 0 Å². The summed E-state index contributed by atoms with van der Waals surface area (Å²) in [5.41, 5.74) is 3.70. The predicted molar refractivity (Wildman–Crippen MR) is 76.9 cm³/mol. The smallest absolute Gasteiger partial charge is 0.117 e. The van der Waals surface area contributed by atoms with Gasteiger partial charge in [-0.05, 0) is 15.4 Å². The molecule has 1 heterocycles. The van der Waals surface area contributed by atoms with E-state index in [0.717, 1.165) is 0 Å². The van der Waals surface area contributed by atoms with E-state index in [4.69, 9.17) is 0 Å². The van der Waals surface area contributed by atoms with Gasteiger partial charge in [0.15, 0.2) is 0 Å². The van der Waals surface area contributed by atoms with Crippen LogP contribution in [0.4, 0.5) is 0 Å². The van der Waals surface area contributed by atoms with E-state index in [2.05, 4.69) is 72.7 Å². The molecule has 0 atom stereocenters. The fraction of sp³-hybridized carbons (Fsp3) is 0.143. The minimum atomic E-state index is -1.37. The SMILES string of the molecule is C[Si](C)(/C=C\c1ccccc1)c1cccs1. The van der Waals surface area contributed by atoms with Crippen LogP contribution in [0.5, 0.6) is 0 Å². The predicted octanol–water partition coefficient (Wildman–Crippen LogP) is 3.92. The van der Waals surface area contributed by atoms with E-state index in [0.29, 0.717) is 0 Å². The lowest BCUT2D eigenvalue weighted by molar-refractivity contribution is 1.66. The lowest BCUT2D eigenvalue weighted by Crippen LogP contribution is -2.36. The lowest BCUT2D eigenvalue weighted by Gasteiger charge is -2.15. The zero-order valence-corrected chi connectivity index (χ0v) is 11.5. The van der Waals surface area contributed by atoms with Crippen molar-refractivity contribution in [3.63, 3.8) is 0 Å². The van der Waals surface area contributed by atoms with E-state index in [9.17, 15) is 0 Å². The van der Waals surface area contributed by atoms with Crippen molar-refractivity contribution < 1.29 is 0 Å². The van der Waals surface area contributed by atoms with Crippen LogP contribution in [0.2, 0.25) is 13.1 Å². The van der Waals surface area contributed by atoms with Gasteiger partial charge in [-0.1, -0.05) is 67.3 Å².